The fourth-order valence-corrected chi connectivity index (χ4v) is 3.91. The summed E-state index contributed by atoms with van der Waals surface area (Å²) in [7, 11) is 0. The molecule has 1 aliphatic rings. The molecular formula is C17H22N2S. The molecule has 1 aromatic carbocycles. The fourth-order valence-electron chi connectivity index (χ4n) is 2.91. The highest BCUT2D eigenvalue weighted by Crippen LogP contribution is 2.38. The first kappa shape index (κ1) is 13.8. The van der Waals surface area contributed by atoms with Gasteiger partial charge in [0.2, 0.25) is 0 Å². The van der Waals surface area contributed by atoms with Crippen LogP contribution in [-0.4, -0.2) is 4.98 Å². The Kier molecular flexibility index (Phi) is 3.90. The van der Waals surface area contributed by atoms with Crippen molar-refractivity contribution in [3.63, 3.8) is 0 Å². The van der Waals surface area contributed by atoms with Crippen LogP contribution in [-0.2, 0) is 12.0 Å². The van der Waals surface area contributed by atoms with E-state index in [2.05, 4.69) is 36.6 Å². The predicted octanol–water partition coefficient (Wildman–Crippen LogP) is 4.10. The number of aromatic nitrogens is 1. The summed E-state index contributed by atoms with van der Waals surface area (Å²) in [6.45, 7) is 2.32. The van der Waals surface area contributed by atoms with Gasteiger partial charge in [0.15, 0.2) is 0 Å². The molecule has 0 spiro atoms. The molecular weight excluding hydrogens is 264 g/mol. The van der Waals surface area contributed by atoms with Crippen LogP contribution in [0, 0.1) is 5.92 Å². The van der Waals surface area contributed by atoms with Crippen molar-refractivity contribution in [2.24, 2.45) is 11.7 Å². The smallest absolute Gasteiger partial charge is 0.113 e. The Morgan fingerprint density at radius 3 is 2.65 bits per heavy atom. The van der Waals surface area contributed by atoms with Crippen molar-refractivity contribution in [3.8, 4) is 0 Å². The summed E-state index contributed by atoms with van der Waals surface area (Å²) in [4.78, 5) is 4.82. The van der Waals surface area contributed by atoms with Crippen LogP contribution >= 0.6 is 11.3 Å². The Balaban J connectivity index is 1.73. The van der Waals surface area contributed by atoms with Gasteiger partial charge in [-0.2, -0.15) is 0 Å². The molecule has 0 bridgehead atoms. The number of hydrogen-bond acceptors (Lipinski definition) is 3. The molecule has 1 fully saturated rings. The Hall–Kier alpha value is -1.19. The molecule has 0 aliphatic heterocycles. The molecule has 2 aromatic rings. The van der Waals surface area contributed by atoms with Gasteiger partial charge in [0.05, 0.1) is 11.2 Å². The van der Waals surface area contributed by atoms with Crippen LogP contribution in [0.15, 0.2) is 35.7 Å². The lowest BCUT2D eigenvalue weighted by Gasteiger charge is -2.34. The molecule has 3 heteroatoms. The van der Waals surface area contributed by atoms with Gasteiger partial charge in [0, 0.05) is 11.8 Å². The van der Waals surface area contributed by atoms with Crippen molar-refractivity contribution in [3.05, 3.63) is 52.0 Å². The van der Waals surface area contributed by atoms with E-state index in [4.69, 9.17) is 10.7 Å². The highest BCUT2D eigenvalue weighted by atomic mass is 32.1. The summed E-state index contributed by atoms with van der Waals surface area (Å²) in [5, 5.41) is 3.31. The van der Waals surface area contributed by atoms with E-state index >= 15 is 0 Å². The third-order valence-electron chi connectivity index (χ3n) is 4.37. The van der Waals surface area contributed by atoms with Crippen molar-refractivity contribution in [1.82, 2.24) is 4.98 Å². The largest absolute Gasteiger partial charge is 0.319 e. The monoisotopic (exact) mass is 286 g/mol. The average molecular weight is 286 g/mol. The second kappa shape index (κ2) is 5.66. The van der Waals surface area contributed by atoms with Crippen LogP contribution in [0.25, 0.3) is 0 Å². The molecule has 0 unspecified atom stereocenters. The summed E-state index contributed by atoms with van der Waals surface area (Å²) >= 11 is 1.74. The summed E-state index contributed by atoms with van der Waals surface area (Å²) in [6.07, 6.45) is 5.51. The first-order chi connectivity index (χ1) is 9.66. The highest BCUT2D eigenvalue weighted by Gasteiger charge is 2.34. The zero-order valence-corrected chi connectivity index (χ0v) is 12.8. The van der Waals surface area contributed by atoms with Crippen molar-refractivity contribution < 1.29 is 0 Å². The van der Waals surface area contributed by atoms with Gasteiger partial charge in [-0.3, -0.25) is 0 Å². The van der Waals surface area contributed by atoms with Gasteiger partial charge in [0.25, 0.3) is 0 Å². The lowest BCUT2D eigenvalue weighted by atomic mass is 9.78. The Bertz CT molecular complexity index is 553. The Morgan fingerprint density at radius 2 is 1.95 bits per heavy atom. The molecule has 1 aliphatic carbocycles. The van der Waals surface area contributed by atoms with E-state index in [1.807, 2.05) is 6.07 Å². The number of thiazole rings is 1. The fraction of sp³-hybridized carbons (Fsp3) is 0.471. The summed E-state index contributed by atoms with van der Waals surface area (Å²) in [5.74, 6) is 0.815. The van der Waals surface area contributed by atoms with E-state index in [-0.39, 0.29) is 5.54 Å². The van der Waals surface area contributed by atoms with Gasteiger partial charge in [-0.1, -0.05) is 37.3 Å². The zero-order chi connectivity index (χ0) is 14.0. The Labute approximate surface area is 125 Å². The lowest BCUT2D eigenvalue weighted by Crippen LogP contribution is -2.40. The first-order valence-corrected chi connectivity index (χ1v) is 8.31. The second-order valence-corrected chi connectivity index (χ2v) is 7.00. The number of benzene rings is 1. The third-order valence-corrected chi connectivity index (χ3v) is 5.48. The van der Waals surface area contributed by atoms with Crippen LogP contribution in [0.1, 0.15) is 48.9 Å². The van der Waals surface area contributed by atoms with Crippen molar-refractivity contribution in [2.45, 2.75) is 44.6 Å². The lowest BCUT2D eigenvalue weighted by molar-refractivity contribution is 0.247. The minimum Gasteiger partial charge on any atom is -0.319 e. The standard InChI is InChI=1S/C17H22N2S/c1-13-7-9-17(18,10-8-13)16-19-15(12-20-16)11-14-5-3-2-4-6-14/h2-6,12-13H,7-11,18H2,1H3. The van der Waals surface area contributed by atoms with E-state index in [0.29, 0.717) is 0 Å². The minimum absolute atomic E-state index is 0.174. The summed E-state index contributed by atoms with van der Waals surface area (Å²) in [5.41, 5.74) is 8.89. The van der Waals surface area contributed by atoms with E-state index in [1.165, 1.54) is 18.4 Å². The molecule has 20 heavy (non-hydrogen) atoms. The van der Waals surface area contributed by atoms with E-state index in [9.17, 15) is 0 Å². The number of hydrogen-bond donors (Lipinski definition) is 1. The quantitative estimate of drug-likeness (QED) is 0.922. The second-order valence-electron chi connectivity index (χ2n) is 6.15. The van der Waals surface area contributed by atoms with E-state index in [0.717, 1.165) is 35.9 Å². The SMILES string of the molecule is CC1CCC(N)(c2nc(Cc3ccccc3)cs2)CC1. The van der Waals surface area contributed by atoms with Crippen LogP contribution in [0.2, 0.25) is 0 Å². The maximum absolute atomic E-state index is 6.60. The van der Waals surface area contributed by atoms with Crippen LogP contribution in [0.5, 0.6) is 0 Å². The normalized spacial score (nSPS) is 26.6. The molecule has 106 valence electrons. The zero-order valence-electron chi connectivity index (χ0n) is 12.0. The van der Waals surface area contributed by atoms with Crippen LogP contribution < -0.4 is 5.73 Å². The van der Waals surface area contributed by atoms with Crippen molar-refractivity contribution >= 4 is 11.3 Å². The molecule has 0 radical (unpaired) electrons. The van der Waals surface area contributed by atoms with Gasteiger partial charge < -0.3 is 5.73 Å². The highest BCUT2D eigenvalue weighted by molar-refractivity contribution is 7.09. The van der Waals surface area contributed by atoms with Gasteiger partial charge in [-0.15, -0.1) is 11.3 Å². The maximum Gasteiger partial charge on any atom is 0.113 e. The van der Waals surface area contributed by atoms with Gasteiger partial charge in [0.1, 0.15) is 5.01 Å². The maximum atomic E-state index is 6.60. The van der Waals surface area contributed by atoms with Crippen LogP contribution in [0.4, 0.5) is 0 Å². The molecule has 1 aromatic heterocycles. The molecule has 3 rings (SSSR count). The molecule has 0 atom stereocenters. The van der Waals surface area contributed by atoms with Crippen molar-refractivity contribution in [2.75, 3.05) is 0 Å². The number of nitrogens with zero attached hydrogens (tertiary/aromatic N) is 1. The number of rotatable bonds is 3. The van der Waals surface area contributed by atoms with E-state index < -0.39 is 0 Å². The first-order valence-electron chi connectivity index (χ1n) is 7.43. The van der Waals surface area contributed by atoms with Gasteiger partial charge in [-0.05, 0) is 37.2 Å². The molecule has 1 saturated carbocycles. The average Bonchev–Trinajstić information content (AvgIpc) is 2.93. The molecule has 2 N–H and O–H groups in total. The van der Waals surface area contributed by atoms with Gasteiger partial charge in [-0.25, -0.2) is 4.98 Å². The number of nitrogens with two attached hydrogens (primary N) is 1. The predicted molar refractivity (Wildman–Crippen MR) is 84.9 cm³/mol. The molecule has 2 nitrogen and oxygen atoms in total. The van der Waals surface area contributed by atoms with Crippen LogP contribution in [0.3, 0.4) is 0 Å². The topological polar surface area (TPSA) is 38.9 Å². The molecule has 0 saturated heterocycles. The summed E-state index contributed by atoms with van der Waals surface area (Å²) in [6, 6.07) is 10.5. The molecule has 0 amide bonds. The third kappa shape index (κ3) is 2.94. The summed E-state index contributed by atoms with van der Waals surface area (Å²) < 4.78 is 0. The Morgan fingerprint density at radius 1 is 1.25 bits per heavy atom. The van der Waals surface area contributed by atoms with Gasteiger partial charge >= 0.3 is 0 Å². The van der Waals surface area contributed by atoms with Crippen molar-refractivity contribution in [1.29, 1.82) is 0 Å². The minimum atomic E-state index is -0.174. The van der Waals surface area contributed by atoms with E-state index in [1.54, 1.807) is 11.3 Å². The molecule has 1 heterocycles.